The van der Waals surface area contributed by atoms with Crippen LogP contribution < -0.4 is 15.9 Å². The second-order valence-corrected chi connectivity index (χ2v) is 8.16. The summed E-state index contributed by atoms with van der Waals surface area (Å²) in [5.41, 5.74) is 2.76. The van der Waals surface area contributed by atoms with Gasteiger partial charge in [-0.3, -0.25) is 0 Å². The minimum Gasteiger partial charge on any atom is -0.214 e. The van der Waals surface area contributed by atoms with Crippen LogP contribution in [-0.4, -0.2) is 0 Å². The van der Waals surface area contributed by atoms with E-state index in [1.165, 1.54) is 27.0 Å². The molecule has 4 rings (SSSR count). The maximum atomic E-state index is 2.28. The maximum absolute atomic E-state index is 2.28. The molecule has 2 heteroatoms. The molecule has 132 valence electrons. The topological polar surface area (TPSA) is 0 Å². The number of hydrogen-bond donors (Lipinski definition) is 0. The average molecular weight is 398 g/mol. The van der Waals surface area contributed by atoms with Crippen molar-refractivity contribution >= 4 is 23.8 Å². The van der Waals surface area contributed by atoms with E-state index in [1.54, 1.807) is 0 Å². The van der Waals surface area contributed by atoms with Crippen LogP contribution in [0.1, 0.15) is 11.1 Å². The summed E-state index contributed by atoms with van der Waals surface area (Å²) in [6, 6.07) is 36.3. The Labute approximate surface area is 168 Å². The van der Waals surface area contributed by atoms with Crippen LogP contribution in [0.5, 0.6) is 0 Å². The standard InChI is InChI=1S/C19H18P.C5H5.Fe/c1-15-9-3-7-13-18(15)20(17-11-5-6-12-17)19-14-8-4-10-16(19)2;1-2-4-5-3-1;/h3-14H,1-2H3;1-5H;/q2*-1;+2. The number of aryl methyl sites for hydroxylation is 2. The Morgan fingerprint density at radius 2 is 1.15 bits per heavy atom. The fourth-order valence-corrected chi connectivity index (χ4v) is 5.48. The Morgan fingerprint density at radius 1 is 0.615 bits per heavy atom. The molecule has 0 saturated carbocycles. The summed E-state index contributed by atoms with van der Waals surface area (Å²) in [7, 11) is -0.451. The molecule has 0 aromatic heterocycles. The molecule has 26 heavy (non-hydrogen) atoms. The van der Waals surface area contributed by atoms with Crippen LogP contribution >= 0.6 is 7.92 Å². The smallest absolute Gasteiger partial charge is 0.214 e. The van der Waals surface area contributed by atoms with Gasteiger partial charge in [0.2, 0.25) is 0 Å². The molecule has 0 bridgehead atoms. The first kappa shape index (κ1) is 20.4. The summed E-state index contributed by atoms with van der Waals surface area (Å²) in [5, 5.41) is 4.36. The Kier molecular flexibility index (Phi) is 8.07. The predicted octanol–water partition coefficient (Wildman–Crippen LogP) is 5.18. The molecular formula is C24H23FeP. The molecule has 0 spiro atoms. The van der Waals surface area contributed by atoms with Crippen LogP contribution in [0.4, 0.5) is 0 Å². The van der Waals surface area contributed by atoms with Gasteiger partial charge in [-0.25, -0.2) is 24.3 Å². The number of benzene rings is 2. The van der Waals surface area contributed by atoms with Gasteiger partial charge in [-0.05, 0) is 43.5 Å². The zero-order valence-electron chi connectivity index (χ0n) is 15.1. The van der Waals surface area contributed by atoms with Gasteiger partial charge in [-0.15, -0.1) is 5.30 Å². The van der Waals surface area contributed by atoms with Crippen LogP contribution in [0, 0.1) is 13.8 Å². The third kappa shape index (κ3) is 5.05. The van der Waals surface area contributed by atoms with E-state index in [0.29, 0.717) is 0 Å². The van der Waals surface area contributed by atoms with Gasteiger partial charge in [0.1, 0.15) is 0 Å². The van der Waals surface area contributed by atoms with Gasteiger partial charge >= 0.3 is 17.1 Å². The molecule has 0 saturated heterocycles. The monoisotopic (exact) mass is 398 g/mol. The average Bonchev–Trinajstić information content (AvgIpc) is 3.35. The molecule has 4 aromatic rings. The van der Waals surface area contributed by atoms with Gasteiger partial charge in [-0.1, -0.05) is 48.5 Å². The zero-order valence-corrected chi connectivity index (χ0v) is 17.1. The molecule has 0 atom stereocenters. The molecule has 0 aliphatic rings. The Hall–Kier alpha value is -1.91. The van der Waals surface area contributed by atoms with Crippen molar-refractivity contribution in [3.8, 4) is 0 Å². The molecule has 0 nitrogen and oxygen atoms in total. The van der Waals surface area contributed by atoms with Crippen molar-refractivity contribution in [3.05, 3.63) is 114 Å². The van der Waals surface area contributed by atoms with Crippen molar-refractivity contribution in [1.29, 1.82) is 0 Å². The molecule has 0 unspecified atom stereocenters. The van der Waals surface area contributed by atoms with Gasteiger partial charge in [-0.2, -0.15) is 30.3 Å². The third-order valence-corrected chi connectivity index (χ3v) is 6.95. The normalized spacial score (nSPS) is 9.96. The Balaban J connectivity index is 0.000000351. The SMILES string of the molecule is Cc1ccccc1P(c1ccc[cH-]1)c1ccccc1C.[Fe+2].c1cc[cH-]c1. The first-order valence-electron chi connectivity index (χ1n) is 8.57. The predicted molar refractivity (Wildman–Crippen MR) is 112 cm³/mol. The maximum Gasteiger partial charge on any atom is 2.00 e. The van der Waals surface area contributed by atoms with Crippen molar-refractivity contribution in [2.45, 2.75) is 13.8 Å². The summed E-state index contributed by atoms with van der Waals surface area (Å²) in [6.07, 6.45) is 0. The summed E-state index contributed by atoms with van der Waals surface area (Å²) in [5.74, 6) is 0. The van der Waals surface area contributed by atoms with E-state index < -0.39 is 7.92 Å². The van der Waals surface area contributed by atoms with Crippen LogP contribution in [0.2, 0.25) is 0 Å². The minimum absolute atomic E-state index is 0. The van der Waals surface area contributed by atoms with Crippen molar-refractivity contribution in [2.75, 3.05) is 0 Å². The summed E-state index contributed by atoms with van der Waals surface area (Å²) in [6.45, 7) is 4.43. The van der Waals surface area contributed by atoms with E-state index in [-0.39, 0.29) is 17.1 Å². The van der Waals surface area contributed by atoms with E-state index in [0.717, 1.165) is 0 Å². The fourth-order valence-electron chi connectivity index (χ4n) is 2.87. The molecule has 0 fully saturated rings. The first-order chi connectivity index (χ1) is 12.3. The van der Waals surface area contributed by atoms with Gasteiger partial charge in [0.05, 0.1) is 0 Å². The van der Waals surface area contributed by atoms with Gasteiger partial charge < -0.3 is 0 Å². The van der Waals surface area contributed by atoms with Crippen LogP contribution in [-0.2, 0) is 17.1 Å². The largest absolute Gasteiger partial charge is 2.00 e. The van der Waals surface area contributed by atoms with E-state index in [4.69, 9.17) is 0 Å². The molecule has 0 radical (unpaired) electrons. The van der Waals surface area contributed by atoms with Crippen molar-refractivity contribution in [3.63, 3.8) is 0 Å². The number of hydrogen-bond acceptors (Lipinski definition) is 0. The van der Waals surface area contributed by atoms with Crippen molar-refractivity contribution in [1.82, 2.24) is 0 Å². The molecular weight excluding hydrogens is 375 g/mol. The van der Waals surface area contributed by atoms with E-state index in [2.05, 4.69) is 86.6 Å². The van der Waals surface area contributed by atoms with E-state index in [9.17, 15) is 0 Å². The molecule has 4 aromatic carbocycles. The fraction of sp³-hybridized carbons (Fsp3) is 0.0833. The zero-order chi connectivity index (χ0) is 17.5. The second-order valence-electron chi connectivity index (χ2n) is 6.01. The first-order valence-corrected chi connectivity index (χ1v) is 9.91. The minimum atomic E-state index is -0.451. The van der Waals surface area contributed by atoms with E-state index in [1.807, 2.05) is 30.3 Å². The van der Waals surface area contributed by atoms with Gasteiger partial charge in [0.15, 0.2) is 0 Å². The number of rotatable bonds is 3. The quantitative estimate of drug-likeness (QED) is 0.253. The molecule has 0 N–H and O–H groups in total. The van der Waals surface area contributed by atoms with Crippen LogP contribution in [0.3, 0.4) is 0 Å². The molecule has 0 aliphatic carbocycles. The second kappa shape index (κ2) is 10.3. The third-order valence-electron chi connectivity index (χ3n) is 4.17. The van der Waals surface area contributed by atoms with Crippen molar-refractivity contribution in [2.24, 2.45) is 0 Å². The van der Waals surface area contributed by atoms with E-state index >= 15 is 0 Å². The molecule has 0 heterocycles. The molecule has 0 amide bonds. The summed E-state index contributed by atoms with van der Waals surface area (Å²) >= 11 is 0. The summed E-state index contributed by atoms with van der Waals surface area (Å²) in [4.78, 5) is 0. The van der Waals surface area contributed by atoms with Crippen LogP contribution in [0.15, 0.2) is 103 Å². The Bertz CT molecular complexity index is 814. The molecule has 0 aliphatic heterocycles. The van der Waals surface area contributed by atoms with Crippen molar-refractivity contribution < 1.29 is 17.1 Å². The Morgan fingerprint density at radius 3 is 1.54 bits per heavy atom. The van der Waals surface area contributed by atoms with Crippen LogP contribution in [0.25, 0.3) is 0 Å². The van der Waals surface area contributed by atoms with Gasteiger partial charge in [0.25, 0.3) is 0 Å². The summed E-state index contributed by atoms with van der Waals surface area (Å²) < 4.78 is 0. The van der Waals surface area contributed by atoms with Gasteiger partial charge in [0, 0.05) is 0 Å².